The Morgan fingerprint density at radius 2 is 1.87 bits per heavy atom. The van der Waals surface area contributed by atoms with Gasteiger partial charge in [-0.3, -0.25) is 19.3 Å². The number of nitrogens with zero attached hydrogens (tertiary/aromatic N) is 5. The van der Waals surface area contributed by atoms with E-state index in [4.69, 9.17) is 9.72 Å². The molecule has 0 aromatic carbocycles. The number of fused-ring (bicyclic) bond motifs is 1. The van der Waals surface area contributed by atoms with Crippen LogP contribution in [0.2, 0.25) is 0 Å². The summed E-state index contributed by atoms with van der Waals surface area (Å²) in [6.45, 7) is 3.98. The third kappa shape index (κ3) is 4.92. The molecule has 0 saturated carbocycles. The monoisotopic (exact) mass is 416 g/mol. The number of nitrogens with one attached hydrogen (secondary N) is 1. The molecular formula is C23H24N6O2. The minimum Gasteiger partial charge on any atom is -0.380 e. The molecule has 0 aliphatic carbocycles. The molecule has 0 aliphatic rings. The molecule has 0 spiro atoms. The maximum absolute atomic E-state index is 13.2. The molecule has 0 atom stereocenters. The molecule has 31 heavy (non-hydrogen) atoms. The summed E-state index contributed by atoms with van der Waals surface area (Å²) in [5.41, 5.74) is 3.60. The lowest BCUT2D eigenvalue weighted by Gasteiger charge is -2.14. The number of hydrogen-bond donors (Lipinski definition) is 1. The van der Waals surface area contributed by atoms with Gasteiger partial charge in [-0.2, -0.15) is 0 Å². The molecule has 0 bridgehead atoms. The Bertz CT molecular complexity index is 1200. The van der Waals surface area contributed by atoms with Crippen molar-refractivity contribution in [1.29, 1.82) is 0 Å². The van der Waals surface area contributed by atoms with Gasteiger partial charge >= 0.3 is 0 Å². The molecule has 4 heterocycles. The summed E-state index contributed by atoms with van der Waals surface area (Å²) >= 11 is 0. The zero-order chi connectivity index (χ0) is 21.5. The molecule has 0 radical (unpaired) electrons. The van der Waals surface area contributed by atoms with Crippen LogP contribution in [0.15, 0.2) is 66.0 Å². The topological polar surface area (TPSA) is 94.8 Å². The van der Waals surface area contributed by atoms with E-state index in [1.807, 2.05) is 36.4 Å². The highest BCUT2D eigenvalue weighted by atomic mass is 16.5. The lowest BCUT2D eigenvalue weighted by molar-refractivity contribution is 0.127. The van der Waals surface area contributed by atoms with Gasteiger partial charge in [-0.25, -0.2) is 9.97 Å². The molecule has 8 heteroatoms. The highest BCUT2D eigenvalue weighted by Crippen LogP contribution is 2.20. The van der Waals surface area contributed by atoms with Gasteiger partial charge in [0.2, 0.25) is 0 Å². The van der Waals surface area contributed by atoms with Gasteiger partial charge in [0.1, 0.15) is 5.52 Å². The van der Waals surface area contributed by atoms with Gasteiger partial charge in [0.15, 0.2) is 11.5 Å². The van der Waals surface area contributed by atoms with Crippen molar-refractivity contribution in [3.05, 3.63) is 77.1 Å². The predicted molar refractivity (Wildman–Crippen MR) is 120 cm³/mol. The number of anilines is 1. The first-order chi connectivity index (χ1) is 15.3. The van der Waals surface area contributed by atoms with Crippen molar-refractivity contribution in [3.8, 4) is 11.3 Å². The Kier molecular flexibility index (Phi) is 6.59. The SMILES string of the molecule is CCCOCCn1c(=O)c(NCc2cccnc2)nc2ccc(-c3ccncc3)nc21. The van der Waals surface area contributed by atoms with Crippen LogP contribution in [0.4, 0.5) is 5.82 Å². The van der Waals surface area contributed by atoms with Crippen LogP contribution in [0.25, 0.3) is 22.4 Å². The molecule has 0 amide bonds. The quantitative estimate of drug-likeness (QED) is 0.418. The summed E-state index contributed by atoms with van der Waals surface area (Å²) in [5, 5.41) is 3.15. The van der Waals surface area contributed by atoms with E-state index in [0.717, 1.165) is 23.2 Å². The highest BCUT2D eigenvalue weighted by Gasteiger charge is 2.13. The fourth-order valence-corrected chi connectivity index (χ4v) is 3.22. The van der Waals surface area contributed by atoms with Crippen LogP contribution in [0.1, 0.15) is 18.9 Å². The van der Waals surface area contributed by atoms with Crippen molar-refractivity contribution < 1.29 is 4.74 Å². The third-order valence-corrected chi connectivity index (χ3v) is 4.76. The molecule has 4 aromatic rings. The van der Waals surface area contributed by atoms with Crippen LogP contribution in [-0.2, 0) is 17.8 Å². The average Bonchev–Trinajstić information content (AvgIpc) is 2.83. The smallest absolute Gasteiger partial charge is 0.295 e. The van der Waals surface area contributed by atoms with Gasteiger partial charge in [-0.1, -0.05) is 13.0 Å². The van der Waals surface area contributed by atoms with Gasteiger partial charge in [0.25, 0.3) is 5.56 Å². The first kappa shape index (κ1) is 20.6. The van der Waals surface area contributed by atoms with Crippen molar-refractivity contribution in [2.24, 2.45) is 0 Å². The summed E-state index contributed by atoms with van der Waals surface area (Å²) in [4.78, 5) is 30.7. The maximum atomic E-state index is 13.2. The van der Waals surface area contributed by atoms with E-state index in [1.165, 1.54) is 0 Å². The largest absolute Gasteiger partial charge is 0.380 e. The molecule has 0 unspecified atom stereocenters. The summed E-state index contributed by atoms with van der Waals surface area (Å²) in [6, 6.07) is 11.4. The zero-order valence-electron chi connectivity index (χ0n) is 17.4. The summed E-state index contributed by atoms with van der Waals surface area (Å²) in [5.74, 6) is 0.283. The lowest BCUT2D eigenvalue weighted by Crippen LogP contribution is -2.27. The molecule has 4 rings (SSSR count). The fraction of sp³-hybridized carbons (Fsp3) is 0.261. The van der Waals surface area contributed by atoms with Crippen LogP contribution in [0.3, 0.4) is 0 Å². The van der Waals surface area contributed by atoms with Crippen molar-refractivity contribution >= 4 is 17.0 Å². The zero-order valence-corrected chi connectivity index (χ0v) is 17.4. The van der Waals surface area contributed by atoms with Crippen LogP contribution in [-0.4, -0.2) is 37.7 Å². The van der Waals surface area contributed by atoms with Crippen molar-refractivity contribution in [2.75, 3.05) is 18.5 Å². The van der Waals surface area contributed by atoms with E-state index < -0.39 is 0 Å². The maximum Gasteiger partial charge on any atom is 0.295 e. The summed E-state index contributed by atoms with van der Waals surface area (Å²) in [7, 11) is 0. The Hall–Kier alpha value is -3.65. The van der Waals surface area contributed by atoms with Crippen molar-refractivity contribution in [1.82, 2.24) is 24.5 Å². The predicted octanol–water partition coefficient (Wildman–Crippen LogP) is 3.29. The second-order valence-corrected chi connectivity index (χ2v) is 7.02. The normalized spacial score (nSPS) is 11.0. The van der Waals surface area contributed by atoms with E-state index in [2.05, 4.69) is 27.2 Å². The Balaban J connectivity index is 1.72. The summed E-state index contributed by atoms with van der Waals surface area (Å²) < 4.78 is 7.26. The molecule has 0 aliphatic heterocycles. The second kappa shape index (κ2) is 9.90. The summed E-state index contributed by atoms with van der Waals surface area (Å²) in [6.07, 6.45) is 7.84. The number of hydrogen-bond acceptors (Lipinski definition) is 7. The van der Waals surface area contributed by atoms with E-state index in [0.29, 0.717) is 37.5 Å². The van der Waals surface area contributed by atoms with E-state index in [1.54, 1.807) is 29.4 Å². The van der Waals surface area contributed by atoms with Gasteiger partial charge in [-0.15, -0.1) is 0 Å². The first-order valence-corrected chi connectivity index (χ1v) is 10.3. The van der Waals surface area contributed by atoms with Crippen LogP contribution in [0, 0.1) is 0 Å². The van der Waals surface area contributed by atoms with E-state index >= 15 is 0 Å². The standard InChI is InChI=1S/C23H24N6O2/c1-2-13-31-14-12-29-22-20(6-5-19(28-22)18-7-10-24-11-8-18)27-21(23(29)30)26-16-17-4-3-9-25-15-17/h3-11,15H,2,12-14,16H2,1H3,(H,26,27). The number of ether oxygens (including phenoxy) is 1. The molecule has 4 aromatic heterocycles. The number of pyridine rings is 3. The van der Waals surface area contributed by atoms with Crippen LogP contribution >= 0.6 is 0 Å². The Morgan fingerprint density at radius 3 is 2.65 bits per heavy atom. The Morgan fingerprint density at radius 1 is 1.00 bits per heavy atom. The third-order valence-electron chi connectivity index (χ3n) is 4.76. The van der Waals surface area contributed by atoms with Crippen LogP contribution in [0.5, 0.6) is 0 Å². The first-order valence-electron chi connectivity index (χ1n) is 10.3. The second-order valence-electron chi connectivity index (χ2n) is 7.02. The Labute approximate surface area is 180 Å². The molecular weight excluding hydrogens is 392 g/mol. The van der Waals surface area contributed by atoms with Crippen molar-refractivity contribution in [2.45, 2.75) is 26.4 Å². The minimum atomic E-state index is -0.226. The molecule has 158 valence electrons. The van der Waals surface area contributed by atoms with Gasteiger partial charge in [0.05, 0.1) is 18.8 Å². The fourth-order valence-electron chi connectivity index (χ4n) is 3.22. The molecule has 1 N–H and O–H groups in total. The van der Waals surface area contributed by atoms with Crippen LogP contribution < -0.4 is 10.9 Å². The molecule has 8 nitrogen and oxygen atoms in total. The van der Waals surface area contributed by atoms with Gasteiger partial charge in [-0.05, 0) is 42.3 Å². The molecule has 0 fully saturated rings. The van der Waals surface area contributed by atoms with Gasteiger partial charge < -0.3 is 10.1 Å². The average molecular weight is 416 g/mol. The van der Waals surface area contributed by atoms with Gasteiger partial charge in [0, 0.05) is 43.5 Å². The highest BCUT2D eigenvalue weighted by molar-refractivity contribution is 5.76. The van der Waals surface area contributed by atoms with E-state index in [-0.39, 0.29) is 11.4 Å². The van der Waals surface area contributed by atoms with E-state index in [9.17, 15) is 4.79 Å². The van der Waals surface area contributed by atoms with Crippen molar-refractivity contribution in [3.63, 3.8) is 0 Å². The minimum absolute atomic E-state index is 0.226. The lowest BCUT2D eigenvalue weighted by atomic mass is 10.2. The number of rotatable bonds is 9. The molecule has 0 saturated heterocycles. The number of aromatic nitrogens is 5.